The molecule has 0 radical (unpaired) electrons. The van der Waals surface area contributed by atoms with E-state index in [-0.39, 0.29) is 5.91 Å². The molecule has 1 aromatic rings. The number of hydrazone groups is 1. The minimum Gasteiger partial charge on any atom is -0.334 e. The molecular weight excluding hydrogens is 288 g/mol. The first kappa shape index (κ1) is 18.9. The largest absolute Gasteiger partial charge is 0.334 e. The number of benzene rings is 1. The van der Waals surface area contributed by atoms with Crippen molar-refractivity contribution in [3.8, 4) is 0 Å². The molecule has 0 aliphatic carbocycles. The van der Waals surface area contributed by atoms with Crippen molar-refractivity contribution in [2.75, 3.05) is 32.1 Å². The molecule has 2 aliphatic heterocycles. The van der Waals surface area contributed by atoms with E-state index in [4.69, 9.17) is 0 Å². The number of hydrogen-bond acceptors (Lipinski definition) is 3. The first-order valence-electron chi connectivity index (χ1n) is 8.33. The lowest BCUT2D eigenvalue weighted by atomic mass is 10.1. The Kier molecular flexibility index (Phi) is 6.94. The highest BCUT2D eigenvalue weighted by Gasteiger charge is 2.33. The molecule has 0 fully saturated rings. The fourth-order valence-electron chi connectivity index (χ4n) is 2.46. The molecule has 126 valence electrons. The molecule has 5 heteroatoms. The van der Waals surface area contributed by atoms with Gasteiger partial charge >= 0.3 is 0 Å². The number of para-hydroxylation sites is 1. The number of amidine groups is 1. The van der Waals surface area contributed by atoms with Crippen LogP contribution in [-0.2, 0) is 0 Å². The zero-order valence-electron chi connectivity index (χ0n) is 15.4. The predicted molar refractivity (Wildman–Crippen MR) is 97.7 cm³/mol. The minimum absolute atomic E-state index is 0.0491. The molecule has 0 atom stereocenters. The van der Waals surface area contributed by atoms with Gasteiger partial charge in [-0.3, -0.25) is 4.79 Å². The average Bonchev–Trinajstić information content (AvgIpc) is 2.69. The van der Waals surface area contributed by atoms with Crippen LogP contribution in [0.5, 0.6) is 0 Å². The second kappa shape index (κ2) is 8.46. The van der Waals surface area contributed by atoms with Crippen molar-refractivity contribution in [1.29, 1.82) is 0 Å². The Labute approximate surface area is 139 Å². The standard InChI is InChI=1S/C14H17N4O.2C2H6/c1-10-8-18-12-7-5-4-6-11(12)14(19)16(2)9-13(18)15-17(10)3;2*1-2/h4-7H,8-9H2,1-3H3;2*1-2H3/q+1;;. The summed E-state index contributed by atoms with van der Waals surface area (Å²) in [7, 11) is 3.76. The van der Waals surface area contributed by atoms with Crippen molar-refractivity contribution in [2.24, 2.45) is 5.10 Å². The fourth-order valence-corrected chi connectivity index (χ4v) is 2.46. The van der Waals surface area contributed by atoms with E-state index in [1.807, 2.05) is 70.7 Å². The Morgan fingerprint density at radius 1 is 1.09 bits per heavy atom. The predicted octanol–water partition coefficient (Wildman–Crippen LogP) is 3.06. The van der Waals surface area contributed by atoms with Crippen LogP contribution in [0.4, 0.5) is 5.69 Å². The number of hydrogen-bond donors (Lipinski definition) is 0. The van der Waals surface area contributed by atoms with Gasteiger partial charge in [0.2, 0.25) is 5.71 Å². The molecule has 5 nitrogen and oxygen atoms in total. The van der Waals surface area contributed by atoms with Crippen LogP contribution >= 0.6 is 0 Å². The van der Waals surface area contributed by atoms with Crippen LogP contribution in [0.25, 0.3) is 0 Å². The summed E-state index contributed by atoms with van der Waals surface area (Å²) >= 11 is 0. The molecule has 0 unspecified atom stereocenters. The molecule has 0 spiro atoms. The highest BCUT2D eigenvalue weighted by atomic mass is 16.2. The van der Waals surface area contributed by atoms with E-state index in [2.05, 4.69) is 16.9 Å². The van der Waals surface area contributed by atoms with Crippen molar-refractivity contribution in [2.45, 2.75) is 34.6 Å². The molecule has 2 aliphatic rings. The zero-order valence-corrected chi connectivity index (χ0v) is 15.4. The van der Waals surface area contributed by atoms with Gasteiger partial charge in [0.1, 0.15) is 6.54 Å². The van der Waals surface area contributed by atoms with Crippen molar-refractivity contribution >= 4 is 23.1 Å². The number of carbonyl (C=O) groups excluding carboxylic acids is 1. The molecule has 2 heterocycles. The summed E-state index contributed by atoms with van der Waals surface area (Å²) in [5.41, 5.74) is 2.85. The molecule has 0 N–H and O–H groups in total. The smallest absolute Gasteiger partial charge is 0.256 e. The number of rotatable bonds is 0. The van der Waals surface area contributed by atoms with Crippen molar-refractivity contribution < 1.29 is 9.48 Å². The topological polar surface area (TPSA) is 38.9 Å². The van der Waals surface area contributed by atoms with Gasteiger partial charge in [-0.05, 0) is 12.1 Å². The van der Waals surface area contributed by atoms with Gasteiger partial charge in [-0.15, -0.1) is 0 Å². The zero-order chi connectivity index (χ0) is 17.6. The molecule has 0 saturated carbocycles. The molecule has 1 aromatic carbocycles. The number of carbonyl (C=O) groups is 1. The Balaban J connectivity index is 0.000000615. The summed E-state index contributed by atoms with van der Waals surface area (Å²) in [5, 5.41) is 4.57. The number of amides is 1. The summed E-state index contributed by atoms with van der Waals surface area (Å²) in [6, 6.07) is 7.73. The number of fused-ring (bicyclic) bond motifs is 3. The van der Waals surface area contributed by atoms with Crippen LogP contribution in [0.3, 0.4) is 0 Å². The van der Waals surface area contributed by atoms with Crippen LogP contribution in [-0.4, -0.2) is 54.2 Å². The Hall–Kier alpha value is -2.17. The molecule has 0 aromatic heterocycles. The van der Waals surface area contributed by atoms with Gasteiger partial charge < -0.3 is 9.80 Å². The lowest BCUT2D eigenvalue weighted by Gasteiger charge is -2.25. The lowest BCUT2D eigenvalue weighted by Crippen LogP contribution is -2.45. The van der Waals surface area contributed by atoms with Crippen LogP contribution in [0.2, 0.25) is 0 Å². The molecule has 0 saturated heterocycles. The van der Waals surface area contributed by atoms with Crippen LogP contribution in [0, 0.1) is 0 Å². The summed E-state index contributed by atoms with van der Waals surface area (Å²) in [6.07, 6.45) is 0. The van der Waals surface area contributed by atoms with E-state index in [1.165, 1.54) is 0 Å². The molecule has 0 bridgehead atoms. The quantitative estimate of drug-likeness (QED) is 0.690. The summed E-state index contributed by atoms with van der Waals surface area (Å²) in [5.74, 6) is 0.960. The van der Waals surface area contributed by atoms with E-state index in [9.17, 15) is 4.79 Å². The molecule has 1 amide bonds. The van der Waals surface area contributed by atoms with Gasteiger partial charge in [0.25, 0.3) is 5.91 Å². The summed E-state index contributed by atoms with van der Waals surface area (Å²) in [4.78, 5) is 16.2. The fraction of sp³-hybridized carbons (Fsp3) is 0.500. The summed E-state index contributed by atoms with van der Waals surface area (Å²) in [6.45, 7) is 11.4. The first-order chi connectivity index (χ1) is 11.1. The average molecular weight is 317 g/mol. The van der Waals surface area contributed by atoms with Gasteiger partial charge in [0.15, 0.2) is 12.9 Å². The number of likely N-dealkylation sites (N-methyl/N-ethyl adjacent to an activating group) is 1. The monoisotopic (exact) mass is 317 g/mol. The summed E-state index contributed by atoms with van der Waals surface area (Å²) < 4.78 is 1.89. The maximum atomic E-state index is 12.4. The molecule has 3 rings (SSSR count). The van der Waals surface area contributed by atoms with E-state index in [0.29, 0.717) is 6.54 Å². The van der Waals surface area contributed by atoms with Gasteiger partial charge in [-0.1, -0.05) is 44.5 Å². The number of anilines is 1. The number of nitrogens with zero attached hydrogens (tertiary/aromatic N) is 4. The van der Waals surface area contributed by atoms with Crippen LogP contribution in [0.1, 0.15) is 45.0 Å². The van der Waals surface area contributed by atoms with Gasteiger partial charge in [-0.25, -0.2) is 0 Å². The minimum atomic E-state index is 0.0491. The third-order valence-corrected chi connectivity index (χ3v) is 3.67. The van der Waals surface area contributed by atoms with Crippen molar-refractivity contribution in [3.63, 3.8) is 0 Å². The molecule has 23 heavy (non-hydrogen) atoms. The van der Waals surface area contributed by atoms with Gasteiger partial charge in [-0.2, -0.15) is 0 Å². The maximum Gasteiger partial charge on any atom is 0.256 e. The first-order valence-corrected chi connectivity index (χ1v) is 8.33. The van der Waals surface area contributed by atoms with Gasteiger partial charge in [0.05, 0.1) is 17.8 Å². The van der Waals surface area contributed by atoms with Gasteiger partial charge in [0, 0.05) is 19.1 Å². The van der Waals surface area contributed by atoms with Crippen LogP contribution < -0.4 is 4.90 Å². The van der Waals surface area contributed by atoms with Crippen molar-refractivity contribution in [3.05, 3.63) is 29.8 Å². The molecular formula is C18H29N4O+. The maximum absolute atomic E-state index is 12.4. The Morgan fingerprint density at radius 3 is 2.35 bits per heavy atom. The Morgan fingerprint density at radius 2 is 1.70 bits per heavy atom. The lowest BCUT2D eigenvalue weighted by molar-refractivity contribution is -0.505. The van der Waals surface area contributed by atoms with Crippen LogP contribution in [0.15, 0.2) is 29.4 Å². The van der Waals surface area contributed by atoms with Crippen molar-refractivity contribution in [1.82, 2.24) is 4.90 Å². The second-order valence-electron chi connectivity index (χ2n) is 5.04. The highest BCUT2D eigenvalue weighted by molar-refractivity contribution is 6.13. The van der Waals surface area contributed by atoms with E-state index in [1.54, 1.807) is 4.90 Å². The second-order valence-corrected chi connectivity index (χ2v) is 5.04. The highest BCUT2D eigenvalue weighted by Crippen LogP contribution is 2.26. The third-order valence-electron chi connectivity index (χ3n) is 3.67. The van der Waals surface area contributed by atoms with E-state index >= 15 is 0 Å². The van der Waals surface area contributed by atoms with E-state index < -0.39 is 0 Å². The Bertz CT molecular complexity index is 619. The third kappa shape index (κ3) is 3.78. The normalized spacial score (nSPS) is 16.1. The van der Waals surface area contributed by atoms with E-state index in [0.717, 1.165) is 29.3 Å². The SMILES string of the molecule is CC.CC.CC1=[N+](C)N=C2CN(C)C(=O)c3ccccc3N2C1.